The van der Waals surface area contributed by atoms with Gasteiger partial charge in [-0.15, -0.1) is 11.6 Å². The van der Waals surface area contributed by atoms with Crippen LogP contribution >= 0.6 is 23.2 Å². The molecule has 6 nitrogen and oxygen atoms in total. The third-order valence-corrected chi connectivity index (χ3v) is 5.56. The fraction of sp³-hybridized carbons (Fsp3) is 0.182. The van der Waals surface area contributed by atoms with Crippen molar-refractivity contribution >= 4 is 46.5 Å². The van der Waals surface area contributed by atoms with Gasteiger partial charge in [-0.1, -0.05) is 23.7 Å². The second-order valence-electron chi connectivity index (χ2n) is 7.07. The average molecular weight is 441 g/mol. The summed E-state index contributed by atoms with van der Waals surface area (Å²) in [5.41, 5.74) is 2.65. The summed E-state index contributed by atoms with van der Waals surface area (Å²) in [6.07, 6.45) is 6.04. The Balaban J connectivity index is 1.49. The third-order valence-electron chi connectivity index (χ3n) is 4.95. The second kappa shape index (κ2) is 8.81. The number of aromatic nitrogens is 2. The maximum Gasteiger partial charge on any atom is 0.255 e. The van der Waals surface area contributed by atoms with Crippen molar-refractivity contribution in [3.8, 4) is 11.1 Å². The number of amides is 2. The largest absolute Gasteiger partial charge is 0.320 e. The minimum absolute atomic E-state index is 0.0557. The summed E-state index contributed by atoms with van der Waals surface area (Å²) in [6, 6.07) is 12.3. The standard InChI is InChI=1S/C22H18Cl2N4O2/c23-16-3-1-13(2-4-16)18-6-7-25-12-19(18)27-21(29)14-5-8-26-20(11-14)28-22(30)15-9-17(24)10-15/h1-8,11-12,15,17H,9-10H2,(H,27,29)(H,26,28,30). The quantitative estimate of drug-likeness (QED) is 0.546. The molecular formula is C22H18Cl2N4O2. The lowest BCUT2D eigenvalue weighted by Crippen LogP contribution is -2.35. The lowest BCUT2D eigenvalue weighted by Gasteiger charge is -2.29. The van der Waals surface area contributed by atoms with Crippen LogP contribution in [0.1, 0.15) is 23.2 Å². The van der Waals surface area contributed by atoms with E-state index in [4.69, 9.17) is 23.2 Å². The van der Waals surface area contributed by atoms with E-state index in [-0.39, 0.29) is 23.1 Å². The van der Waals surface area contributed by atoms with Gasteiger partial charge in [0.1, 0.15) is 5.82 Å². The average Bonchev–Trinajstić information content (AvgIpc) is 2.72. The molecule has 2 N–H and O–H groups in total. The predicted molar refractivity (Wildman–Crippen MR) is 118 cm³/mol. The minimum atomic E-state index is -0.333. The molecule has 0 bridgehead atoms. The molecule has 2 amide bonds. The van der Waals surface area contributed by atoms with Crippen molar-refractivity contribution in [3.05, 3.63) is 71.6 Å². The molecule has 3 aromatic rings. The summed E-state index contributed by atoms with van der Waals surface area (Å²) >= 11 is 11.9. The first-order valence-electron chi connectivity index (χ1n) is 9.42. The first-order valence-corrected chi connectivity index (χ1v) is 10.2. The van der Waals surface area contributed by atoms with Crippen LogP contribution in [0.5, 0.6) is 0 Å². The van der Waals surface area contributed by atoms with Crippen molar-refractivity contribution < 1.29 is 9.59 Å². The number of hydrogen-bond acceptors (Lipinski definition) is 4. The Morgan fingerprint density at radius 2 is 1.77 bits per heavy atom. The van der Waals surface area contributed by atoms with Crippen molar-refractivity contribution in [1.29, 1.82) is 0 Å². The Morgan fingerprint density at radius 3 is 2.50 bits per heavy atom. The highest BCUT2D eigenvalue weighted by Gasteiger charge is 2.33. The molecule has 1 fully saturated rings. The fourth-order valence-electron chi connectivity index (χ4n) is 3.20. The van der Waals surface area contributed by atoms with E-state index in [1.807, 2.05) is 18.2 Å². The molecule has 0 spiro atoms. The molecule has 152 valence electrons. The molecular weight excluding hydrogens is 423 g/mol. The molecule has 0 saturated heterocycles. The lowest BCUT2D eigenvalue weighted by atomic mass is 9.84. The van der Waals surface area contributed by atoms with Gasteiger partial charge in [-0.2, -0.15) is 0 Å². The van der Waals surface area contributed by atoms with Gasteiger partial charge in [-0.3, -0.25) is 14.6 Å². The van der Waals surface area contributed by atoms with Crippen LogP contribution in [0, 0.1) is 5.92 Å². The van der Waals surface area contributed by atoms with Gasteiger partial charge in [0.2, 0.25) is 5.91 Å². The summed E-state index contributed by atoms with van der Waals surface area (Å²) in [5.74, 6) is -0.242. The summed E-state index contributed by atoms with van der Waals surface area (Å²) in [6.45, 7) is 0. The Bertz CT molecular complexity index is 1080. The number of anilines is 2. The normalized spacial score (nSPS) is 17.7. The van der Waals surface area contributed by atoms with Crippen LogP contribution in [0.15, 0.2) is 61.1 Å². The zero-order valence-corrected chi connectivity index (χ0v) is 17.3. The van der Waals surface area contributed by atoms with Gasteiger partial charge in [0.15, 0.2) is 0 Å². The van der Waals surface area contributed by atoms with Crippen molar-refractivity contribution in [2.45, 2.75) is 18.2 Å². The smallest absolute Gasteiger partial charge is 0.255 e. The number of nitrogens with zero attached hydrogens (tertiary/aromatic N) is 2. The van der Waals surface area contributed by atoms with Crippen molar-refractivity contribution in [1.82, 2.24) is 9.97 Å². The van der Waals surface area contributed by atoms with Crippen LogP contribution in [0.25, 0.3) is 11.1 Å². The molecule has 1 aliphatic carbocycles. The highest BCUT2D eigenvalue weighted by Crippen LogP contribution is 2.33. The zero-order valence-electron chi connectivity index (χ0n) is 15.8. The molecule has 8 heteroatoms. The number of halogens is 2. The maximum absolute atomic E-state index is 12.8. The van der Waals surface area contributed by atoms with Crippen LogP contribution in [0.3, 0.4) is 0 Å². The van der Waals surface area contributed by atoms with Crippen LogP contribution in [0.2, 0.25) is 5.02 Å². The Labute approximate surface area is 183 Å². The van der Waals surface area contributed by atoms with Crippen molar-refractivity contribution in [3.63, 3.8) is 0 Å². The van der Waals surface area contributed by atoms with E-state index < -0.39 is 0 Å². The van der Waals surface area contributed by atoms with Gasteiger partial charge >= 0.3 is 0 Å². The van der Waals surface area contributed by atoms with E-state index in [1.165, 1.54) is 6.20 Å². The Kier molecular flexibility index (Phi) is 5.97. The summed E-state index contributed by atoms with van der Waals surface area (Å²) in [4.78, 5) is 33.3. The number of pyridine rings is 2. The van der Waals surface area contributed by atoms with E-state index in [2.05, 4.69) is 20.6 Å². The van der Waals surface area contributed by atoms with Gasteiger partial charge < -0.3 is 10.6 Å². The van der Waals surface area contributed by atoms with Crippen LogP contribution < -0.4 is 10.6 Å². The third kappa shape index (κ3) is 4.61. The highest BCUT2D eigenvalue weighted by molar-refractivity contribution is 6.30. The summed E-state index contributed by atoms with van der Waals surface area (Å²) in [5, 5.41) is 6.32. The number of hydrogen-bond donors (Lipinski definition) is 2. The highest BCUT2D eigenvalue weighted by atomic mass is 35.5. The molecule has 2 heterocycles. The monoisotopic (exact) mass is 440 g/mol. The van der Waals surface area contributed by atoms with Crippen LogP contribution in [-0.2, 0) is 4.79 Å². The summed E-state index contributed by atoms with van der Waals surface area (Å²) < 4.78 is 0. The number of carbonyl (C=O) groups excluding carboxylic acids is 2. The molecule has 30 heavy (non-hydrogen) atoms. The number of benzene rings is 1. The molecule has 1 saturated carbocycles. The molecule has 2 aromatic heterocycles. The topological polar surface area (TPSA) is 84.0 Å². The van der Waals surface area contributed by atoms with E-state index in [9.17, 15) is 9.59 Å². The second-order valence-corrected chi connectivity index (χ2v) is 8.12. The van der Waals surface area contributed by atoms with Gasteiger partial charge in [0.25, 0.3) is 5.91 Å². The molecule has 4 rings (SSSR count). The first kappa shape index (κ1) is 20.3. The van der Waals surface area contributed by atoms with Crippen LogP contribution in [-0.4, -0.2) is 27.2 Å². The fourth-order valence-corrected chi connectivity index (χ4v) is 3.76. The predicted octanol–water partition coefficient (Wildman–Crippen LogP) is 5.01. The van der Waals surface area contributed by atoms with Crippen LogP contribution in [0.4, 0.5) is 11.5 Å². The van der Waals surface area contributed by atoms with Crippen molar-refractivity contribution in [2.24, 2.45) is 5.92 Å². The maximum atomic E-state index is 12.8. The first-order chi connectivity index (χ1) is 14.5. The minimum Gasteiger partial charge on any atom is -0.320 e. The van der Waals surface area contributed by atoms with E-state index in [0.29, 0.717) is 34.9 Å². The number of alkyl halides is 1. The number of carbonyl (C=O) groups is 2. The van der Waals surface area contributed by atoms with Gasteiger partial charge in [0.05, 0.1) is 11.9 Å². The molecule has 0 radical (unpaired) electrons. The van der Waals surface area contributed by atoms with E-state index >= 15 is 0 Å². The SMILES string of the molecule is O=C(Nc1cnccc1-c1ccc(Cl)cc1)c1ccnc(NC(=O)C2CC(Cl)C2)c1. The van der Waals surface area contributed by atoms with E-state index in [0.717, 1.165) is 11.1 Å². The zero-order chi connectivity index (χ0) is 21.1. The van der Waals surface area contributed by atoms with Crippen molar-refractivity contribution in [2.75, 3.05) is 10.6 Å². The lowest BCUT2D eigenvalue weighted by molar-refractivity contribution is -0.122. The molecule has 0 aliphatic heterocycles. The van der Waals surface area contributed by atoms with Gasteiger partial charge in [0, 0.05) is 39.8 Å². The van der Waals surface area contributed by atoms with Gasteiger partial charge in [-0.25, -0.2) is 4.98 Å². The Morgan fingerprint density at radius 1 is 1.00 bits per heavy atom. The Hall–Kier alpha value is -2.96. The summed E-state index contributed by atoms with van der Waals surface area (Å²) in [7, 11) is 0. The molecule has 1 aromatic carbocycles. The number of rotatable bonds is 5. The van der Waals surface area contributed by atoms with Gasteiger partial charge in [-0.05, 0) is 48.7 Å². The van der Waals surface area contributed by atoms with E-state index in [1.54, 1.807) is 36.7 Å². The molecule has 0 unspecified atom stereocenters. The molecule has 1 aliphatic rings. The molecule has 0 atom stereocenters. The number of nitrogens with one attached hydrogen (secondary N) is 2.